The van der Waals surface area contributed by atoms with E-state index in [9.17, 15) is 0 Å². The van der Waals surface area contributed by atoms with Gasteiger partial charge in [-0.25, -0.2) is 0 Å². The molecule has 0 bridgehead atoms. The second kappa shape index (κ2) is 5.65. The molecular formula is C14H15N5S. The first-order valence-electron chi connectivity index (χ1n) is 6.57. The molecule has 5 nitrogen and oxygen atoms in total. The summed E-state index contributed by atoms with van der Waals surface area (Å²) >= 11 is 1.65. The molecule has 102 valence electrons. The molecule has 1 fully saturated rings. The van der Waals surface area contributed by atoms with Crippen LogP contribution in [0.2, 0.25) is 0 Å². The van der Waals surface area contributed by atoms with Gasteiger partial charge in [-0.2, -0.15) is 5.26 Å². The molecule has 1 aromatic heterocycles. The molecule has 6 heteroatoms. The molecule has 0 amide bonds. The molecule has 1 heterocycles. The Morgan fingerprint density at radius 1 is 1.40 bits per heavy atom. The monoisotopic (exact) mass is 285 g/mol. The van der Waals surface area contributed by atoms with Gasteiger partial charge in [-0.1, -0.05) is 23.9 Å². The van der Waals surface area contributed by atoms with E-state index < -0.39 is 0 Å². The topological polar surface area (TPSA) is 80.5 Å². The smallest absolute Gasteiger partial charge is 0.191 e. The first-order valence-corrected chi connectivity index (χ1v) is 7.56. The normalized spacial score (nSPS) is 14.2. The predicted molar refractivity (Wildman–Crippen MR) is 76.9 cm³/mol. The first kappa shape index (κ1) is 13.2. The molecule has 1 saturated carbocycles. The maximum Gasteiger partial charge on any atom is 0.191 e. The highest BCUT2D eigenvalue weighted by molar-refractivity contribution is 7.98. The molecule has 3 rings (SSSR count). The van der Waals surface area contributed by atoms with Gasteiger partial charge in [-0.05, 0) is 30.5 Å². The number of hydrogen-bond donors (Lipinski definition) is 1. The van der Waals surface area contributed by atoms with Crippen molar-refractivity contribution in [2.45, 2.75) is 36.3 Å². The fourth-order valence-electron chi connectivity index (χ4n) is 2.12. The van der Waals surface area contributed by atoms with Gasteiger partial charge < -0.3 is 10.3 Å². The lowest BCUT2D eigenvalue weighted by atomic mass is 10.2. The first-order chi connectivity index (χ1) is 9.81. The minimum atomic E-state index is 0.425. The zero-order chi connectivity index (χ0) is 13.9. The van der Waals surface area contributed by atoms with Crippen LogP contribution in [0.15, 0.2) is 29.4 Å². The molecule has 0 spiro atoms. The van der Waals surface area contributed by atoms with E-state index in [4.69, 9.17) is 11.0 Å². The van der Waals surface area contributed by atoms with E-state index in [1.54, 1.807) is 11.8 Å². The van der Waals surface area contributed by atoms with E-state index in [0.717, 1.165) is 22.3 Å². The molecule has 1 aliphatic rings. The van der Waals surface area contributed by atoms with Gasteiger partial charge in [-0.3, -0.25) is 0 Å². The zero-order valence-corrected chi connectivity index (χ0v) is 11.8. The highest BCUT2D eigenvalue weighted by Crippen LogP contribution is 2.39. The van der Waals surface area contributed by atoms with Crippen molar-refractivity contribution in [2.75, 3.05) is 0 Å². The predicted octanol–water partition coefficient (Wildman–Crippen LogP) is 2.24. The molecular weight excluding hydrogens is 270 g/mol. The Bertz CT molecular complexity index is 654. The van der Waals surface area contributed by atoms with Crippen LogP contribution < -0.4 is 5.73 Å². The fraction of sp³-hybridized carbons (Fsp3) is 0.357. The minimum Gasteiger partial charge on any atom is -0.324 e. The van der Waals surface area contributed by atoms with Gasteiger partial charge in [0.05, 0.1) is 18.2 Å². The Hall–Kier alpha value is -1.84. The Morgan fingerprint density at radius 3 is 2.95 bits per heavy atom. The third-order valence-corrected chi connectivity index (χ3v) is 4.27. The third-order valence-electron chi connectivity index (χ3n) is 3.25. The van der Waals surface area contributed by atoms with Crippen LogP contribution in [0.3, 0.4) is 0 Å². The number of thioether (sulfide) groups is 1. The average Bonchev–Trinajstić information content (AvgIpc) is 3.25. The number of aromatic nitrogens is 3. The Labute approximate surface area is 121 Å². The van der Waals surface area contributed by atoms with Gasteiger partial charge in [-0.15, -0.1) is 10.2 Å². The summed E-state index contributed by atoms with van der Waals surface area (Å²) in [5.74, 6) is 1.64. The maximum atomic E-state index is 8.91. The van der Waals surface area contributed by atoms with E-state index in [0.29, 0.717) is 18.2 Å². The summed E-state index contributed by atoms with van der Waals surface area (Å²) in [5, 5.41) is 18.2. The van der Waals surface area contributed by atoms with Crippen molar-refractivity contribution in [3.8, 4) is 6.07 Å². The van der Waals surface area contributed by atoms with E-state index >= 15 is 0 Å². The summed E-state index contributed by atoms with van der Waals surface area (Å²) < 4.78 is 2.17. The number of benzene rings is 1. The SMILES string of the molecule is N#Cc1cccc(CSc2nnc(CN)n2C2CC2)c1. The van der Waals surface area contributed by atoms with Crippen LogP contribution in [0.1, 0.15) is 35.8 Å². The number of nitriles is 1. The number of rotatable bonds is 5. The quantitative estimate of drug-likeness (QED) is 0.852. The second-order valence-electron chi connectivity index (χ2n) is 4.80. The Morgan fingerprint density at radius 2 is 2.25 bits per heavy atom. The highest BCUT2D eigenvalue weighted by atomic mass is 32.2. The van der Waals surface area contributed by atoms with Gasteiger partial charge in [0.2, 0.25) is 0 Å². The van der Waals surface area contributed by atoms with Gasteiger partial charge in [0.15, 0.2) is 5.16 Å². The molecule has 0 unspecified atom stereocenters. The molecule has 0 atom stereocenters. The van der Waals surface area contributed by atoms with Crippen LogP contribution >= 0.6 is 11.8 Å². The molecule has 20 heavy (non-hydrogen) atoms. The van der Waals surface area contributed by atoms with Crippen molar-refractivity contribution < 1.29 is 0 Å². The van der Waals surface area contributed by atoms with Crippen molar-refractivity contribution in [3.05, 3.63) is 41.2 Å². The van der Waals surface area contributed by atoms with Crippen molar-refractivity contribution in [3.63, 3.8) is 0 Å². The minimum absolute atomic E-state index is 0.425. The van der Waals surface area contributed by atoms with Crippen molar-refractivity contribution in [2.24, 2.45) is 5.73 Å². The lowest BCUT2D eigenvalue weighted by molar-refractivity contribution is 0.626. The standard InChI is InChI=1S/C14H15N5S/c15-7-10-2-1-3-11(6-10)9-20-14-18-17-13(8-16)19(14)12-4-5-12/h1-3,6,12H,4-5,8-9,16H2. The molecule has 2 aromatic rings. The van der Waals surface area contributed by atoms with E-state index in [1.807, 2.05) is 24.3 Å². The van der Waals surface area contributed by atoms with Crippen molar-refractivity contribution in [1.29, 1.82) is 5.26 Å². The fourth-order valence-corrected chi connectivity index (χ4v) is 3.09. The molecule has 2 N–H and O–H groups in total. The summed E-state index contributed by atoms with van der Waals surface area (Å²) in [6.45, 7) is 0.425. The molecule has 1 aromatic carbocycles. The average molecular weight is 285 g/mol. The van der Waals surface area contributed by atoms with E-state index in [-0.39, 0.29) is 0 Å². The van der Waals surface area contributed by atoms with Crippen LogP contribution in [-0.4, -0.2) is 14.8 Å². The lowest BCUT2D eigenvalue weighted by Crippen LogP contribution is -2.08. The van der Waals surface area contributed by atoms with Crippen molar-refractivity contribution >= 4 is 11.8 Å². The van der Waals surface area contributed by atoms with Crippen LogP contribution in [0.25, 0.3) is 0 Å². The summed E-state index contributed by atoms with van der Waals surface area (Å²) in [6.07, 6.45) is 2.37. The lowest BCUT2D eigenvalue weighted by Gasteiger charge is -2.07. The van der Waals surface area contributed by atoms with Crippen LogP contribution in [-0.2, 0) is 12.3 Å². The summed E-state index contributed by atoms with van der Waals surface area (Å²) in [5.41, 5.74) is 7.51. The number of nitrogens with zero attached hydrogens (tertiary/aromatic N) is 4. The Kier molecular flexibility index (Phi) is 3.72. The van der Waals surface area contributed by atoms with Crippen LogP contribution in [0.5, 0.6) is 0 Å². The van der Waals surface area contributed by atoms with E-state index in [2.05, 4.69) is 20.8 Å². The molecule has 1 aliphatic carbocycles. The second-order valence-corrected chi connectivity index (χ2v) is 5.75. The number of nitrogens with two attached hydrogens (primary N) is 1. The molecule has 0 radical (unpaired) electrons. The summed E-state index contributed by atoms with van der Waals surface area (Å²) in [6, 6.07) is 10.3. The van der Waals surface area contributed by atoms with Gasteiger partial charge in [0, 0.05) is 11.8 Å². The summed E-state index contributed by atoms with van der Waals surface area (Å²) in [7, 11) is 0. The van der Waals surface area contributed by atoms with Gasteiger partial charge in [0.25, 0.3) is 0 Å². The maximum absolute atomic E-state index is 8.91. The van der Waals surface area contributed by atoms with E-state index in [1.165, 1.54) is 12.8 Å². The Balaban J connectivity index is 1.75. The summed E-state index contributed by atoms with van der Waals surface area (Å²) in [4.78, 5) is 0. The highest BCUT2D eigenvalue weighted by Gasteiger charge is 2.29. The van der Waals surface area contributed by atoms with Crippen LogP contribution in [0.4, 0.5) is 0 Å². The molecule has 0 saturated heterocycles. The largest absolute Gasteiger partial charge is 0.324 e. The molecule has 0 aliphatic heterocycles. The van der Waals surface area contributed by atoms with Gasteiger partial charge in [0.1, 0.15) is 5.82 Å². The van der Waals surface area contributed by atoms with Gasteiger partial charge >= 0.3 is 0 Å². The van der Waals surface area contributed by atoms with Crippen LogP contribution in [0, 0.1) is 11.3 Å². The third kappa shape index (κ3) is 2.69. The van der Waals surface area contributed by atoms with Crippen molar-refractivity contribution in [1.82, 2.24) is 14.8 Å². The zero-order valence-electron chi connectivity index (χ0n) is 11.0. The number of hydrogen-bond acceptors (Lipinski definition) is 5.